The highest BCUT2D eigenvalue weighted by atomic mass is 32.2. The highest BCUT2D eigenvalue weighted by Gasteiger charge is 2.43. The molecule has 1 N–H and O–H groups in total. The van der Waals surface area contributed by atoms with Crippen LogP contribution in [0.4, 0.5) is 0 Å². The Labute approximate surface area is 176 Å². The molecule has 1 aliphatic carbocycles. The molecule has 4 atom stereocenters. The quantitative estimate of drug-likeness (QED) is 0.762. The summed E-state index contributed by atoms with van der Waals surface area (Å²) in [5, 5.41) is 10.7. The molecule has 2 fully saturated rings. The molecule has 6 heteroatoms. The van der Waals surface area contributed by atoms with E-state index >= 15 is 0 Å². The summed E-state index contributed by atoms with van der Waals surface area (Å²) in [6.45, 7) is 5.61. The molecule has 154 valence electrons. The average Bonchev–Trinajstić information content (AvgIpc) is 3.12. The molecule has 5 nitrogen and oxygen atoms in total. The van der Waals surface area contributed by atoms with Gasteiger partial charge in [0.05, 0.1) is 11.9 Å². The fraction of sp³-hybridized carbons (Fsp3) is 0.478. The van der Waals surface area contributed by atoms with Gasteiger partial charge >= 0.3 is 0 Å². The molecule has 4 rings (SSSR count). The zero-order valence-electron chi connectivity index (χ0n) is 17.0. The van der Waals surface area contributed by atoms with Crippen molar-refractivity contribution in [3.63, 3.8) is 0 Å². The van der Waals surface area contributed by atoms with E-state index in [0.717, 1.165) is 35.7 Å². The molecule has 0 bridgehead atoms. The van der Waals surface area contributed by atoms with Crippen LogP contribution in [0.1, 0.15) is 24.0 Å². The lowest BCUT2D eigenvalue weighted by Gasteiger charge is -2.35. The first kappa shape index (κ1) is 20.2. The molecule has 1 aliphatic heterocycles. The van der Waals surface area contributed by atoms with Gasteiger partial charge in [-0.2, -0.15) is 0 Å². The van der Waals surface area contributed by atoms with Gasteiger partial charge in [0.25, 0.3) is 0 Å². The Morgan fingerprint density at radius 2 is 1.90 bits per heavy atom. The third-order valence-electron chi connectivity index (χ3n) is 6.06. The first-order valence-electron chi connectivity index (χ1n) is 10.2. The number of aliphatic hydroxyl groups excluding tert-OH is 1. The van der Waals surface area contributed by atoms with Crippen molar-refractivity contribution in [1.82, 2.24) is 9.88 Å². The number of hydrogen-bond acceptors (Lipinski definition) is 5. The standard InChI is InChI=1S/C23H28N2O3S/c1-15-3-4-21(16(2)9-15)28-22-11-18-13-25(12-17(18)10-20(22)26)23(27)14-29-19-5-7-24-8-6-19/h3-9,17-18,20,22,26H,10-14H2,1-2H3/t17-,18+,20+,22+/m0/s1. The highest BCUT2D eigenvalue weighted by Crippen LogP contribution is 2.38. The maximum atomic E-state index is 12.7. The van der Waals surface area contributed by atoms with Crippen LogP contribution in [-0.2, 0) is 4.79 Å². The number of amides is 1. The van der Waals surface area contributed by atoms with Gasteiger partial charge < -0.3 is 14.7 Å². The molecule has 2 aliphatic rings. The summed E-state index contributed by atoms with van der Waals surface area (Å²) >= 11 is 1.55. The average molecular weight is 413 g/mol. The van der Waals surface area contributed by atoms with Gasteiger partial charge in [-0.25, -0.2) is 0 Å². The fourth-order valence-corrected chi connectivity index (χ4v) is 5.27. The molecule has 1 aromatic heterocycles. The predicted molar refractivity (Wildman–Crippen MR) is 114 cm³/mol. The van der Waals surface area contributed by atoms with Crippen LogP contribution in [0.5, 0.6) is 5.75 Å². The lowest BCUT2D eigenvalue weighted by molar-refractivity contribution is -0.127. The molecule has 1 amide bonds. The molecule has 0 unspecified atom stereocenters. The number of aromatic nitrogens is 1. The number of ether oxygens (including phenoxy) is 1. The van der Waals surface area contributed by atoms with Crippen LogP contribution in [0.3, 0.4) is 0 Å². The number of carbonyl (C=O) groups excluding carboxylic acids is 1. The monoisotopic (exact) mass is 412 g/mol. The molecule has 29 heavy (non-hydrogen) atoms. The Balaban J connectivity index is 1.34. The van der Waals surface area contributed by atoms with Crippen LogP contribution in [0.25, 0.3) is 0 Å². The van der Waals surface area contributed by atoms with Crippen LogP contribution in [0.2, 0.25) is 0 Å². The summed E-state index contributed by atoms with van der Waals surface area (Å²) in [5.74, 6) is 2.21. The van der Waals surface area contributed by atoms with Gasteiger partial charge in [0.1, 0.15) is 11.9 Å². The zero-order chi connectivity index (χ0) is 20.4. The molecular formula is C23H28N2O3S. The van der Waals surface area contributed by atoms with Gasteiger partial charge in [-0.1, -0.05) is 17.7 Å². The summed E-state index contributed by atoms with van der Waals surface area (Å²) in [4.78, 5) is 19.7. The normalized spacial score (nSPS) is 26.2. The summed E-state index contributed by atoms with van der Waals surface area (Å²) in [7, 11) is 0. The van der Waals surface area contributed by atoms with Crippen molar-refractivity contribution < 1.29 is 14.6 Å². The Hall–Kier alpha value is -2.05. The highest BCUT2D eigenvalue weighted by molar-refractivity contribution is 8.00. The number of rotatable bonds is 5. The van der Waals surface area contributed by atoms with Gasteiger partial charge in [0, 0.05) is 30.4 Å². The van der Waals surface area contributed by atoms with E-state index in [1.54, 1.807) is 24.2 Å². The maximum Gasteiger partial charge on any atom is 0.232 e. The third-order valence-corrected chi connectivity index (χ3v) is 7.06. The van der Waals surface area contributed by atoms with E-state index in [-0.39, 0.29) is 12.0 Å². The van der Waals surface area contributed by atoms with Crippen LogP contribution in [0.15, 0.2) is 47.6 Å². The predicted octanol–water partition coefficient (Wildman–Crippen LogP) is 3.47. The van der Waals surface area contributed by atoms with Gasteiger partial charge in [0.2, 0.25) is 5.91 Å². The number of aliphatic hydroxyl groups is 1. The molecule has 0 radical (unpaired) electrons. The van der Waals surface area contributed by atoms with Crippen molar-refractivity contribution in [1.29, 1.82) is 0 Å². The Morgan fingerprint density at radius 1 is 1.17 bits per heavy atom. The summed E-state index contributed by atoms with van der Waals surface area (Å²) < 4.78 is 6.20. The topological polar surface area (TPSA) is 62.7 Å². The van der Waals surface area contributed by atoms with Crippen molar-refractivity contribution in [2.75, 3.05) is 18.8 Å². The smallest absolute Gasteiger partial charge is 0.232 e. The lowest BCUT2D eigenvalue weighted by atomic mass is 9.78. The number of thioether (sulfide) groups is 1. The number of benzene rings is 1. The number of likely N-dealkylation sites (tertiary alicyclic amines) is 1. The third kappa shape index (κ3) is 4.75. The Morgan fingerprint density at radius 3 is 2.62 bits per heavy atom. The van der Waals surface area contributed by atoms with Crippen LogP contribution < -0.4 is 4.74 Å². The van der Waals surface area contributed by atoms with E-state index in [1.165, 1.54) is 5.56 Å². The van der Waals surface area contributed by atoms with E-state index < -0.39 is 6.10 Å². The van der Waals surface area contributed by atoms with E-state index in [2.05, 4.69) is 18.0 Å². The molecule has 2 aromatic rings. The second kappa shape index (κ2) is 8.76. The van der Waals surface area contributed by atoms with Crippen LogP contribution in [0, 0.1) is 25.7 Å². The lowest BCUT2D eigenvalue weighted by Crippen LogP contribution is -2.42. The van der Waals surface area contributed by atoms with Crippen LogP contribution >= 0.6 is 11.8 Å². The summed E-state index contributed by atoms with van der Waals surface area (Å²) in [6.07, 6.45) is 4.28. The summed E-state index contributed by atoms with van der Waals surface area (Å²) in [6, 6.07) is 9.98. The molecular weight excluding hydrogens is 384 g/mol. The zero-order valence-corrected chi connectivity index (χ0v) is 17.8. The van der Waals surface area contributed by atoms with Gasteiger partial charge in [-0.05, 0) is 62.3 Å². The Kier molecular flexibility index (Phi) is 6.11. The van der Waals surface area contributed by atoms with Gasteiger partial charge in [0.15, 0.2) is 0 Å². The molecule has 1 saturated carbocycles. The molecule has 2 heterocycles. The van der Waals surface area contributed by atoms with E-state index in [9.17, 15) is 9.90 Å². The van der Waals surface area contributed by atoms with Crippen molar-refractivity contribution >= 4 is 17.7 Å². The summed E-state index contributed by atoms with van der Waals surface area (Å²) in [5.41, 5.74) is 2.30. The number of carbonyl (C=O) groups is 1. The Bertz CT molecular complexity index is 860. The minimum Gasteiger partial charge on any atom is -0.487 e. The van der Waals surface area contributed by atoms with E-state index in [0.29, 0.717) is 24.0 Å². The van der Waals surface area contributed by atoms with E-state index in [4.69, 9.17) is 4.74 Å². The number of hydrogen-bond donors (Lipinski definition) is 1. The second-order valence-corrected chi connectivity index (χ2v) is 9.30. The van der Waals surface area contributed by atoms with Crippen molar-refractivity contribution in [3.05, 3.63) is 53.9 Å². The largest absolute Gasteiger partial charge is 0.487 e. The van der Waals surface area contributed by atoms with Crippen LogP contribution in [-0.4, -0.2) is 51.9 Å². The minimum absolute atomic E-state index is 0.169. The van der Waals surface area contributed by atoms with Crippen molar-refractivity contribution in [2.45, 2.75) is 43.8 Å². The first-order chi connectivity index (χ1) is 14.0. The molecule has 0 spiro atoms. The number of nitrogens with zero attached hydrogens (tertiary/aromatic N) is 2. The molecule has 1 saturated heterocycles. The fourth-order valence-electron chi connectivity index (χ4n) is 4.49. The van der Waals surface area contributed by atoms with E-state index in [1.807, 2.05) is 36.1 Å². The second-order valence-electron chi connectivity index (χ2n) is 8.25. The van der Waals surface area contributed by atoms with Gasteiger partial charge in [-0.3, -0.25) is 9.78 Å². The maximum absolute atomic E-state index is 12.7. The number of aryl methyl sites for hydroxylation is 2. The minimum atomic E-state index is -0.488. The van der Waals surface area contributed by atoms with Gasteiger partial charge in [-0.15, -0.1) is 11.8 Å². The number of pyridine rings is 1. The number of fused-ring (bicyclic) bond motifs is 1. The SMILES string of the molecule is Cc1ccc(O[C@@H]2C[C@@H]3CN(C(=O)CSc4ccncc4)C[C@@H]3C[C@H]2O)c(C)c1. The van der Waals surface area contributed by atoms with Crippen molar-refractivity contribution in [2.24, 2.45) is 11.8 Å². The van der Waals surface area contributed by atoms with Crippen molar-refractivity contribution in [3.8, 4) is 5.75 Å². The molecule has 1 aromatic carbocycles. The first-order valence-corrected chi connectivity index (χ1v) is 11.2.